The average molecular weight is 273 g/mol. The van der Waals surface area contributed by atoms with Gasteiger partial charge < -0.3 is 14.5 Å². The van der Waals surface area contributed by atoms with Crippen molar-refractivity contribution in [3.05, 3.63) is 35.5 Å². The lowest BCUT2D eigenvalue weighted by Crippen LogP contribution is -2.16. The summed E-state index contributed by atoms with van der Waals surface area (Å²) in [5, 5.41) is 1.30. The van der Waals surface area contributed by atoms with Crippen LogP contribution in [-0.2, 0) is 20.7 Å². The number of rotatable bonds is 4. The van der Waals surface area contributed by atoms with Crippen LogP contribution in [-0.4, -0.2) is 24.2 Å². The molecule has 1 aromatic heterocycles. The lowest BCUT2D eigenvalue weighted by atomic mass is 10.00. The van der Waals surface area contributed by atoms with E-state index in [0.29, 0.717) is 6.61 Å². The Morgan fingerprint density at radius 2 is 2.30 bits per heavy atom. The molecular formula is C16H19NO3. The number of benzene rings is 1. The molecule has 1 N–H and O–H groups in total. The lowest BCUT2D eigenvalue weighted by Gasteiger charge is -2.23. The standard InChI is InChI=1S/C16H19NO3/c1-11(18)19-9-4-7-15-16-13(8-10-20-15)12-5-2-3-6-14(12)17-16/h2-3,5-6,15,17H,4,7-10H2,1H3. The molecular weight excluding hydrogens is 254 g/mol. The summed E-state index contributed by atoms with van der Waals surface area (Å²) >= 11 is 0. The number of para-hydroxylation sites is 1. The Bertz CT molecular complexity index is 617. The maximum atomic E-state index is 10.8. The van der Waals surface area contributed by atoms with Crippen molar-refractivity contribution in [2.75, 3.05) is 13.2 Å². The summed E-state index contributed by atoms with van der Waals surface area (Å²) < 4.78 is 10.8. The van der Waals surface area contributed by atoms with Crippen molar-refractivity contribution in [1.82, 2.24) is 4.98 Å². The molecule has 0 aliphatic carbocycles. The van der Waals surface area contributed by atoms with Crippen molar-refractivity contribution in [1.29, 1.82) is 0 Å². The lowest BCUT2D eigenvalue weighted by molar-refractivity contribution is -0.141. The molecule has 3 rings (SSSR count). The Morgan fingerprint density at radius 1 is 1.45 bits per heavy atom. The first kappa shape index (κ1) is 13.2. The summed E-state index contributed by atoms with van der Waals surface area (Å²) in [7, 11) is 0. The predicted octanol–water partition coefficient (Wildman–Crippen LogP) is 3.13. The first-order chi connectivity index (χ1) is 9.75. The molecule has 1 atom stereocenters. The molecule has 4 nitrogen and oxygen atoms in total. The Morgan fingerprint density at radius 3 is 3.15 bits per heavy atom. The van der Waals surface area contributed by atoms with E-state index in [2.05, 4.69) is 23.2 Å². The van der Waals surface area contributed by atoms with Crippen LogP contribution < -0.4 is 0 Å². The third-order valence-corrected chi connectivity index (χ3v) is 3.76. The van der Waals surface area contributed by atoms with Crippen LogP contribution in [0.2, 0.25) is 0 Å². The SMILES string of the molecule is CC(=O)OCCCC1OCCc2c1[nH]c1ccccc21. The predicted molar refractivity (Wildman–Crippen MR) is 76.6 cm³/mol. The highest BCUT2D eigenvalue weighted by molar-refractivity contribution is 5.85. The zero-order chi connectivity index (χ0) is 13.9. The monoisotopic (exact) mass is 273 g/mol. The van der Waals surface area contributed by atoms with Gasteiger partial charge in [-0.3, -0.25) is 4.79 Å². The largest absolute Gasteiger partial charge is 0.466 e. The van der Waals surface area contributed by atoms with Gasteiger partial charge in [-0.2, -0.15) is 0 Å². The maximum Gasteiger partial charge on any atom is 0.302 e. The van der Waals surface area contributed by atoms with Crippen LogP contribution in [0.25, 0.3) is 10.9 Å². The number of hydrogen-bond donors (Lipinski definition) is 1. The fourth-order valence-electron chi connectivity index (χ4n) is 2.86. The van der Waals surface area contributed by atoms with E-state index in [1.165, 1.54) is 29.1 Å². The second-order valence-electron chi connectivity index (χ2n) is 5.15. The summed E-state index contributed by atoms with van der Waals surface area (Å²) in [6.45, 7) is 2.66. The summed E-state index contributed by atoms with van der Waals surface area (Å²) in [5.74, 6) is -0.221. The molecule has 4 heteroatoms. The minimum atomic E-state index is -0.221. The molecule has 0 saturated carbocycles. The first-order valence-electron chi connectivity index (χ1n) is 7.10. The van der Waals surface area contributed by atoms with Gasteiger partial charge in [0.05, 0.1) is 19.3 Å². The molecule has 1 aliphatic rings. The zero-order valence-corrected chi connectivity index (χ0v) is 11.6. The summed E-state index contributed by atoms with van der Waals surface area (Å²) in [6, 6.07) is 8.37. The van der Waals surface area contributed by atoms with Crippen molar-refractivity contribution < 1.29 is 14.3 Å². The van der Waals surface area contributed by atoms with Gasteiger partial charge in [-0.1, -0.05) is 18.2 Å². The number of aromatic amines is 1. The topological polar surface area (TPSA) is 51.3 Å². The van der Waals surface area contributed by atoms with E-state index >= 15 is 0 Å². The molecule has 1 aromatic carbocycles. The van der Waals surface area contributed by atoms with Gasteiger partial charge in [-0.25, -0.2) is 0 Å². The van der Waals surface area contributed by atoms with Gasteiger partial charge in [-0.15, -0.1) is 0 Å². The summed E-state index contributed by atoms with van der Waals surface area (Å²) in [4.78, 5) is 14.2. The highest BCUT2D eigenvalue weighted by Gasteiger charge is 2.24. The van der Waals surface area contributed by atoms with E-state index in [-0.39, 0.29) is 12.1 Å². The van der Waals surface area contributed by atoms with Crippen LogP contribution in [0.4, 0.5) is 0 Å². The second-order valence-corrected chi connectivity index (χ2v) is 5.15. The van der Waals surface area contributed by atoms with Crippen LogP contribution in [0, 0.1) is 0 Å². The van der Waals surface area contributed by atoms with Gasteiger partial charge >= 0.3 is 5.97 Å². The smallest absolute Gasteiger partial charge is 0.302 e. The minimum absolute atomic E-state index is 0.0849. The van der Waals surface area contributed by atoms with Gasteiger partial charge in [0.2, 0.25) is 0 Å². The van der Waals surface area contributed by atoms with Crippen LogP contribution in [0.15, 0.2) is 24.3 Å². The van der Waals surface area contributed by atoms with Crippen LogP contribution in [0.5, 0.6) is 0 Å². The number of esters is 1. The van der Waals surface area contributed by atoms with Gasteiger partial charge in [0.25, 0.3) is 0 Å². The third-order valence-electron chi connectivity index (χ3n) is 3.76. The maximum absolute atomic E-state index is 10.8. The van der Waals surface area contributed by atoms with Crippen LogP contribution in [0.1, 0.15) is 37.1 Å². The normalized spacial score (nSPS) is 17.9. The summed E-state index contributed by atoms with van der Waals surface area (Å²) in [6.07, 6.45) is 2.73. The van der Waals surface area contributed by atoms with E-state index in [4.69, 9.17) is 9.47 Å². The zero-order valence-electron chi connectivity index (χ0n) is 11.6. The van der Waals surface area contributed by atoms with Crippen LogP contribution in [0.3, 0.4) is 0 Å². The van der Waals surface area contributed by atoms with Crippen LogP contribution >= 0.6 is 0 Å². The number of hydrogen-bond acceptors (Lipinski definition) is 3. The Kier molecular flexibility index (Phi) is 3.74. The summed E-state index contributed by atoms with van der Waals surface area (Å²) in [5.41, 5.74) is 3.75. The quantitative estimate of drug-likeness (QED) is 0.688. The third kappa shape index (κ3) is 2.56. The number of H-pyrrole nitrogens is 1. The number of nitrogens with one attached hydrogen (secondary N) is 1. The molecule has 0 bridgehead atoms. The van der Waals surface area contributed by atoms with Crippen molar-refractivity contribution in [2.24, 2.45) is 0 Å². The fraction of sp³-hybridized carbons (Fsp3) is 0.438. The Balaban J connectivity index is 1.74. The first-order valence-corrected chi connectivity index (χ1v) is 7.10. The van der Waals surface area contributed by atoms with Gasteiger partial charge in [-0.05, 0) is 30.9 Å². The number of carbonyl (C=O) groups is 1. The van der Waals surface area contributed by atoms with Crippen molar-refractivity contribution in [3.63, 3.8) is 0 Å². The van der Waals surface area contributed by atoms with E-state index < -0.39 is 0 Å². The Labute approximate surface area is 118 Å². The molecule has 106 valence electrons. The molecule has 0 amide bonds. The van der Waals surface area contributed by atoms with Gasteiger partial charge in [0.1, 0.15) is 0 Å². The molecule has 2 heterocycles. The van der Waals surface area contributed by atoms with Gasteiger partial charge in [0, 0.05) is 23.5 Å². The minimum Gasteiger partial charge on any atom is -0.466 e. The molecule has 0 spiro atoms. The number of carbonyl (C=O) groups excluding carboxylic acids is 1. The average Bonchev–Trinajstić information content (AvgIpc) is 2.83. The van der Waals surface area contributed by atoms with E-state index in [0.717, 1.165) is 25.9 Å². The second kappa shape index (κ2) is 5.67. The van der Waals surface area contributed by atoms with E-state index in [1.807, 2.05) is 6.07 Å². The number of ether oxygens (including phenoxy) is 2. The molecule has 0 radical (unpaired) electrons. The highest BCUT2D eigenvalue weighted by Crippen LogP contribution is 2.34. The highest BCUT2D eigenvalue weighted by atomic mass is 16.5. The molecule has 0 fully saturated rings. The molecule has 0 saturated heterocycles. The van der Waals surface area contributed by atoms with E-state index in [9.17, 15) is 4.79 Å². The molecule has 20 heavy (non-hydrogen) atoms. The van der Waals surface area contributed by atoms with Crippen molar-refractivity contribution in [3.8, 4) is 0 Å². The van der Waals surface area contributed by atoms with Crippen molar-refractivity contribution in [2.45, 2.75) is 32.3 Å². The Hall–Kier alpha value is -1.81. The molecule has 2 aromatic rings. The van der Waals surface area contributed by atoms with E-state index in [1.54, 1.807) is 0 Å². The number of fused-ring (bicyclic) bond motifs is 3. The molecule has 1 unspecified atom stereocenters. The number of aromatic nitrogens is 1. The molecule has 1 aliphatic heterocycles. The van der Waals surface area contributed by atoms with Gasteiger partial charge in [0.15, 0.2) is 0 Å². The van der Waals surface area contributed by atoms with Crippen molar-refractivity contribution >= 4 is 16.9 Å². The fourth-order valence-corrected chi connectivity index (χ4v) is 2.86.